The fourth-order valence-electron chi connectivity index (χ4n) is 5.77. The molecule has 2 nitrogen and oxygen atoms in total. The maximum absolute atomic E-state index is 10.8. The van der Waals surface area contributed by atoms with Gasteiger partial charge in [0.1, 0.15) is 11.5 Å². The van der Waals surface area contributed by atoms with Crippen molar-refractivity contribution in [1.29, 1.82) is 0 Å². The Hall–Kier alpha value is 2.95. The Balaban J connectivity index is -0.00000147. The number of rotatable bonds is 24. The average molecular weight is 687 g/mol. The van der Waals surface area contributed by atoms with E-state index in [1.54, 1.807) is 24.3 Å². The molecule has 0 amide bonds. The Bertz CT molecular complexity index is 845. The normalized spacial score (nSPS) is 10.2. The van der Waals surface area contributed by atoms with E-state index in [4.69, 9.17) is 5.11 Å². The number of hydrogen-bond donors (Lipinski definition) is 2. The summed E-state index contributed by atoms with van der Waals surface area (Å²) in [5.41, 5.74) is 4.35. The second-order valence-corrected chi connectivity index (χ2v) is 12.2. The minimum atomic E-state index is 0. The third-order valence-electron chi connectivity index (χ3n) is 8.37. The molecule has 0 atom stereocenters. The molecule has 0 saturated carbocycles. The molecule has 2 aromatic rings. The van der Waals surface area contributed by atoms with Crippen LogP contribution in [-0.2, 0) is 19.3 Å². The van der Waals surface area contributed by atoms with Crippen molar-refractivity contribution in [3.05, 3.63) is 59.2 Å². The van der Waals surface area contributed by atoms with Crippen LogP contribution >= 0.6 is 0 Å². The molecule has 0 saturated heterocycles. The number of benzene rings is 2. The van der Waals surface area contributed by atoms with Crippen molar-refractivity contribution in [2.75, 3.05) is 0 Å². The van der Waals surface area contributed by atoms with Gasteiger partial charge in [-0.25, -0.2) is 0 Å². The summed E-state index contributed by atoms with van der Waals surface area (Å²) in [4.78, 5) is 0. The molecule has 0 radical (unpaired) electrons. The zero-order valence-electron chi connectivity index (χ0n) is 27.4. The molecule has 0 aliphatic rings. The second kappa shape index (κ2) is 38.7. The van der Waals surface area contributed by atoms with Gasteiger partial charge >= 0.3 is 154 Å². The zero-order valence-corrected chi connectivity index (χ0v) is 27.4. The molecule has 0 spiro atoms. The number of hydrogen-bond acceptors (Lipinski definition) is 2. The van der Waals surface area contributed by atoms with Crippen molar-refractivity contribution in [1.82, 2.24) is 0 Å². The van der Waals surface area contributed by atoms with Gasteiger partial charge in [0.05, 0.1) is 0 Å². The first-order valence-corrected chi connectivity index (χ1v) is 17.7. The van der Waals surface area contributed by atoms with Crippen LogP contribution in [0.15, 0.2) is 42.5 Å². The van der Waals surface area contributed by atoms with Gasteiger partial charge in [-0.15, -0.1) is 0 Å². The van der Waals surface area contributed by atoms with E-state index in [0.29, 0.717) is 11.5 Å². The van der Waals surface area contributed by atoms with Gasteiger partial charge in [0, 0.05) is 0 Å². The maximum atomic E-state index is 10.8. The molecule has 2 rings (SSSR count). The fourth-order valence-corrected chi connectivity index (χ4v) is 5.77. The first-order valence-electron chi connectivity index (χ1n) is 17.7. The summed E-state index contributed by atoms with van der Waals surface area (Å²) in [6.07, 6.45) is 31.9. The first-order chi connectivity index (χ1) is 20.1. The number of unbranched alkanes of at least 4 members (excludes halogenated alkanes) is 18. The van der Waals surface area contributed by atoms with Gasteiger partial charge in [0.2, 0.25) is 0 Å². The molecular formula is C39H69K3O2. The predicted octanol–water partition coefficient (Wildman–Crippen LogP) is 10.7. The van der Waals surface area contributed by atoms with Crippen molar-refractivity contribution in [2.45, 2.75) is 175 Å². The topological polar surface area (TPSA) is 40.5 Å². The molecule has 0 fully saturated rings. The van der Waals surface area contributed by atoms with E-state index < -0.39 is 0 Å². The van der Waals surface area contributed by atoms with Crippen LogP contribution in [0, 0.1) is 0 Å². The average Bonchev–Trinajstić information content (AvgIpc) is 2.98. The van der Waals surface area contributed by atoms with Crippen LogP contribution < -0.4 is 0 Å². The Kier molecular flexibility index (Phi) is 45.2. The summed E-state index contributed by atoms with van der Waals surface area (Å²) in [7, 11) is 0. The van der Waals surface area contributed by atoms with Gasteiger partial charge in [-0.05, 0) is 73.4 Å². The summed E-state index contributed by atoms with van der Waals surface area (Å²) in [6, 6.07) is 13.0. The number of aromatic hydroxyl groups is 2. The van der Waals surface area contributed by atoms with Gasteiger partial charge in [-0.2, -0.15) is 0 Å². The monoisotopic (exact) mass is 686 g/mol. The summed E-state index contributed by atoms with van der Waals surface area (Å²) in [5.74, 6) is 0.884. The van der Waals surface area contributed by atoms with E-state index in [1.807, 2.05) is 12.1 Å². The second-order valence-electron chi connectivity index (χ2n) is 12.2. The number of para-hydroxylation sites is 1. The fraction of sp³-hybridized carbons (Fsp3) is 0.692. The van der Waals surface area contributed by atoms with E-state index in [-0.39, 0.29) is 154 Å². The molecule has 0 heterocycles. The van der Waals surface area contributed by atoms with Crippen LogP contribution in [0.4, 0.5) is 0 Å². The van der Waals surface area contributed by atoms with E-state index in [9.17, 15) is 5.11 Å². The van der Waals surface area contributed by atoms with Crippen LogP contribution in [0.25, 0.3) is 0 Å². The Labute approximate surface area is 402 Å². The van der Waals surface area contributed by atoms with E-state index in [0.717, 1.165) is 6.42 Å². The molecule has 5 heteroatoms. The van der Waals surface area contributed by atoms with E-state index in [1.165, 1.54) is 164 Å². The Morgan fingerprint density at radius 1 is 0.386 bits per heavy atom. The molecule has 2 N–H and O–H groups in total. The van der Waals surface area contributed by atoms with E-state index in [2.05, 4.69) is 26.8 Å². The Morgan fingerprint density at radius 3 is 1.14 bits per heavy atom. The summed E-state index contributed by atoms with van der Waals surface area (Å²) >= 11 is 0. The van der Waals surface area contributed by atoms with Crippen molar-refractivity contribution < 1.29 is 10.2 Å². The molecule has 0 aromatic heterocycles. The minimum absolute atomic E-state index is 0. The summed E-state index contributed by atoms with van der Waals surface area (Å²) < 4.78 is 0. The van der Waals surface area contributed by atoms with Gasteiger partial charge in [0.15, 0.2) is 0 Å². The number of aryl methyl sites for hydroxylation is 1. The molecule has 240 valence electrons. The van der Waals surface area contributed by atoms with Gasteiger partial charge in [-0.3, -0.25) is 0 Å². The van der Waals surface area contributed by atoms with Crippen molar-refractivity contribution >= 4 is 154 Å². The molecule has 0 aliphatic heterocycles. The zero-order chi connectivity index (χ0) is 29.8. The van der Waals surface area contributed by atoms with Gasteiger partial charge in [0.25, 0.3) is 0 Å². The summed E-state index contributed by atoms with van der Waals surface area (Å²) in [5, 5.41) is 19.4. The molecular weight excluding hydrogens is 618 g/mol. The predicted molar refractivity (Wildman–Crippen MR) is 203 cm³/mol. The quantitative estimate of drug-likeness (QED) is 0.0852. The van der Waals surface area contributed by atoms with Crippen LogP contribution in [-0.4, -0.2) is 164 Å². The SMILES string of the molecule is CCCCCCCCCc1ccc(O)c(CCCCCCCCC)c1CCCCCCCCC.Oc1ccccc1.[KH].[KH].[KH]. The van der Waals surface area contributed by atoms with Crippen LogP contribution in [0.3, 0.4) is 0 Å². The van der Waals surface area contributed by atoms with Crippen molar-refractivity contribution in [3.8, 4) is 11.5 Å². The third-order valence-corrected chi connectivity index (χ3v) is 8.37. The number of phenols is 2. The van der Waals surface area contributed by atoms with Gasteiger partial charge < -0.3 is 10.2 Å². The van der Waals surface area contributed by atoms with Gasteiger partial charge in [-0.1, -0.05) is 161 Å². The van der Waals surface area contributed by atoms with Crippen molar-refractivity contribution in [3.63, 3.8) is 0 Å². The molecule has 0 aliphatic carbocycles. The van der Waals surface area contributed by atoms with Crippen LogP contribution in [0.1, 0.15) is 172 Å². The molecule has 2 aromatic carbocycles. The standard InChI is InChI=1S/C33H60O.C6H6O.3K.3H/c1-4-7-10-13-16-19-22-25-30-28-29-33(34)32(27-24-21-18-15-12-9-6-3)31(30)26-23-20-17-14-11-8-5-2;7-6-4-2-1-3-5-6;;;;;;/h28-29,34H,4-27H2,1-3H3;1-5,7H;;;;;;. The summed E-state index contributed by atoms with van der Waals surface area (Å²) in [6.45, 7) is 6.87. The third kappa shape index (κ3) is 28.8. The van der Waals surface area contributed by atoms with E-state index >= 15 is 0 Å². The molecule has 0 unspecified atom stereocenters. The van der Waals surface area contributed by atoms with Crippen LogP contribution in [0.2, 0.25) is 0 Å². The van der Waals surface area contributed by atoms with Crippen molar-refractivity contribution in [2.24, 2.45) is 0 Å². The Morgan fingerprint density at radius 2 is 0.750 bits per heavy atom. The number of phenolic OH excluding ortho intramolecular Hbond substituents is 2. The first kappa shape index (κ1) is 51.3. The molecule has 0 bridgehead atoms. The van der Waals surface area contributed by atoms with Crippen LogP contribution in [0.5, 0.6) is 11.5 Å². The molecule has 44 heavy (non-hydrogen) atoms.